The third-order valence-electron chi connectivity index (χ3n) is 6.87. The summed E-state index contributed by atoms with van der Waals surface area (Å²) < 4.78 is 6.83. The number of rotatable bonds is 5. The van der Waals surface area contributed by atoms with E-state index in [0.717, 1.165) is 25.0 Å². The molecule has 3 nitrogen and oxygen atoms in total. The summed E-state index contributed by atoms with van der Waals surface area (Å²) in [7, 11) is 2.32. The maximum absolute atomic E-state index is 6.83. The van der Waals surface area contributed by atoms with E-state index in [2.05, 4.69) is 61.0 Å². The third kappa shape index (κ3) is 3.94. The maximum Gasteiger partial charge on any atom is 0.0867 e. The van der Waals surface area contributed by atoms with Crippen LogP contribution in [0.4, 0.5) is 5.69 Å². The monoisotopic (exact) mass is 356 g/mol. The second-order valence-electron chi connectivity index (χ2n) is 9.55. The Morgan fingerprint density at radius 2 is 1.65 bits per heavy atom. The van der Waals surface area contributed by atoms with Crippen molar-refractivity contribution in [3.05, 3.63) is 30.3 Å². The van der Waals surface area contributed by atoms with Crippen molar-refractivity contribution < 1.29 is 4.74 Å². The van der Waals surface area contributed by atoms with Crippen LogP contribution in [0.25, 0.3) is 0 Å². The van der Waals surface area contributed by atoms with Crippen molar-refractivity contribution in [2.45, 2.75) is 76.0 Å². The number of morpholine rings is 1. The van der Waals surface area contributed by atoms with E-state index in [4.69, 9.17) is 4.74 Å². The summed E-state index contributed by atoms with van der Waals surface area (Å²) >= 11 is 0. The number of hydrogen-bond donors (Lipinski definition) is 0. The molecule has 0 aromatic heterocycles. The Morgan fingerprint density at radius 1 is 1.04 bits per heavy atom. The quantitative estimate of drug-likeness (QED) is 0.759. The summed E-state index contributed by atoms with van der Waals surface area (Å²) in [5.41, 5.74) is 1.61. The molecule has 0 radical (unpaired) electrons. The highest BCUT2D eigenvalue weighted by atomic mass is 16.5. The summed E-state index contributed by atoms with van der Waals surface area (Å²) in [6.07, 6.45) is 8.80. The van der Waals surface area contributed by atoms with E-state index in [1.807, 2.05) is 0 Å². The fourth-order valence-electron chi connectivity index (χ4n) is 4.97. The predicted octanol–water partition coefficient (Wildman–Crippen LogP) is 4.72. The van der Waals surface area contributed by atoms with Crippen LogP contribution in [0.15, 0.2) is 30.3 Å². The van der Waals surface area contributed by atoms with Gasteiger partial charge in [-0.15, -0.1) is 0 Å². The third-order valence-corrected chi connectivity index (χ3v) is 6.87. The van der Waals surface area contributed by atoms with Gasteiger partial charge in [-0.3, -0.25) is 0 Å². The molecule has 0 atom stereocenters. The summed E-state index contributed by atoms with van der Waals surface area (Å²) in [5.74, 6) is 0.795. The van der Waals surface area contributed by atoms with Crippen molar-refractivity contribution in [3.63, 3.8) is 0 Å². The van der Waals surface area contributed by atoms with Gasteiger partial charge in [0, 0.05) is 24.8 Å². The molecule has 3 fully saturated rings. The molecule has 3 heteroatoms. The summed E-state index contributed by atoms with van der Waals surface area (Å²) in [6, 6.07) is 11.7. The average molecular weight is 357 g/mol. The van der Waals surface area contributed by atoms with Gasteiger partial charge in [0.25, 0.3) is 0 Å². The first-order valence-corrected chi connectivity index (χ1v) is 10.7. The molecule has 1 aromatic carbocycles. The van der Waals surface area contributed by atoms with Crippen molar-refractivity contribution in [1.29, 1.82) is 0 Å². The average Bonchev–Trinajstić information content (AvgIpc) is 3.38. The number of para-hydroxylation sites is 1. The molecule has 2 aliphatic carbocycles. The van der Waals surface area contributed by atoms with Crippen molar-refractivity contribution in [1.82, 2.24) is 4.90 Å². The molecule has 26 heavy (non-hydrogen) atoms. The molecule has 2 saturated carbocycles. The van der Waals surface area contributed by atoms with Crippen LogP contribution >= 0.6 is 0 Å². The van der Waals surface area contributed by atoms with Crippen LogP contribution in [-0.2, 0) is 4.74 Å². The minimum absolute atomic E-state index is 0.0833. The second kappa shape index (κ2) is 7.16. The molecule has 3 aliphatic rings. The first-order chi connectivity index (χ1) is 12.5. The topological polar surface area (TPSA) is 15.7 Å². The molecule has 0 amide bonds. The van der Waals surface area contributed by atoms with E-state index in [9.17, 15) is 0 Å². The number of anilines is 1. The lowest BCUT2D eigenvalue weighted by Gasteiger charge is -2.51. The van der Waals surface area contributed by atoms with Crippen LogP contribution in [0.5, 0.6) is 0 Å². The first kappa shape index (κ1) is 18.3. The van der Waals surface area contributed by atoms with Gasteiger partial charge in [-0.2, -0.15) is 0 Å². The first-order valence-electron chi connectivity index (χ1n) is 10.7. The number of ether oxygens (including phenoxy) is 1. The Hall–Kier alpha value is -1.06. The minimum Gasteiger partial charge on any atom is -0.366 e. The Kier molecular flexibility index (Phi) is 5.04. The van der Waals surface area contributed by atoms with Gasteiger partial charge >= 0.3 is 0 Å². The molecule has 144 valence electrons. The van der Waals surface area contributed by atoms with Crippen LogP contribution in [0.2, 0.25) is 0 Å². The van der Waals surface area contributed by atoms with Gasteiger partial charge in [-0.05, 0) is 76.6 Å². The Bertz CT molecular complexity index is 587. The van der Waals surface area contributed by atoms with Crippen LogP contribution in [0, 0.1) is 5.92 Å². The van der Waals surface area contributed by atoms with Gasteiger partial charge in [0.1, 0.15) is 0 Å². The lowest BCUT2D eigenvalue weighted by Crippen LogP contribution is -2.59. The van der Waals surface area contributed by atoms with E-state index < -0.39 is 0 Å². The fraction of sp³-hybridized carbons (Fsp3) is 0.739. The van der Waals surface area contributed by atoms with E-state index in [0.29, 0.717) is 0 Å². The van der Waals surface area contributed by atoms with Crippen LogP contribution in [0.3, 0.4) is 0 Å². The minimum atomic E-state index is 0.0833. The largest absolute Gasteiger partial charge is 0.366 e. The molecule has 0 unspecified atom stereocenters. The summed E-state index contributed by atoms with van der Waals surface area (Å²) in [4.78, 5) is 5.22. The van der Waals surface area contributed by atoms with Crippen molar-refractivity contribution in [2.75, 3.05) is 31.6 Å². The zero-order chi connectivity index (χ0) is 18.2. The van der Waals surface area contributed by atoms with Gasteiger partial charge in [-0.1, -0.05) is 32.0 Å². The zero-order valence-electron chi connectivity index (χ0n) is 16.9. The Morgan fingerprint density at radius 3 is 2.23 bits per heavy atom. The molecular formula is C23H36N2O. The van der Waals surface area contributed by atoms with Crippen LogP contribution in [-0.4, -0.2) is 48.8 Å². The van der Waals surface area contributed by atoms with Crippen molar-refractivity contribution in [2.24, 2.45) is 5.92 Å². The van der Waals surface area contributed by atoms with Crippen LogP contribution < -0.4 is 4.90 Å². The maximum atomic E-state index is 6.83. The Labute approximate surface area is 159 Å². The molecule has 4 rings (SSSR count). The highest BCUT2D eigenvalue weighted by Crippen LogP contribution is 2.51. The molecular weight excluding hydrogens is 320 g/mol. The van der Waals surface area contributed by atoms with E-state index in [1.165, 1.54) is 57.2 Å². The van der Waals surface area contributed by atoms with E-state index >= 15 is 0 Å². The standard InChI is InChI=1S/C23H36N2O/c1-19(2)11-16-24(3)20-9-12-22(13-10-20)17-25(18-23(26-22)14-15-23)21-7-5-4-6-8-21/h4-8,19-20H,9-18H2,1-3H3/t20-,22+. The van der Waals surface area contributed by atoms with E-state index in [1.54, 1.807) is 0 Å². The number of nitrogens with zero attached hydrogens (tertiary/aromatic N) is 2. The molecule has 0 N–H and O–H groups in total. The summed E-state index contributed by atoms with van der Waals surface area (Å²) in [5, 5.41) is 0. The highest BCUT2D eigenvalue weighted by molar-refractivity contribution is 5.48. The highest BCUT2D eigenvalue weighted by Gasteiger charge is 2.56. The van der Waals surface area contributed by atoms with Crippen molar-refractivity contribution >= 4 is 5.69 Å². The zero-order valence-corrected chi connectivity index (χ0v) is 16.9. The number of hydrogen-bond acceptors (Lipinski definition) is 3. The van der Waals surface area contributed by atoms with Gasteiger partial charge in [-0.25, -0.2) is 0 Å². The van der Waals surface area contributed by atoms with Crippen molar-refractivity contribution in [3.8, 4) is 0 Å². The lowest BCUT2D eigenvalue weighted by atomic mass is 9.79. The van der Waals surface area contributed by atoms with Gasteiger partial charge in [0.2, 0.25) is 0 Å². The molecule has 0 bridgehead atoms. The van der Waals surface area contributed by atoms with Gasteiger partial charge in [0.15, 0.2) is 0 Å². The second-order valence-corrected chi connectivity index (χ2v) is 9.55. The molecule has 1 saturated heterocycles. The Balaban J connectivity index is 1.41. The van der Waals surface area contributed by atoms with Gasteiger partial charge in [0.05, 0.1) is 11.2 Å². The molecule has 1 aliphatic heterocycles. The smallest absolute Gasteiger partial charge is 0.0867 e. The van der Waals surface area contributed by atoms with Crippen LogP contribution in [0.1, 0.15) is 58.8 Å². The predicted molar refractivity (Wildman–Crippen MR) is 109 cm³/mol. The lowest BCUT2D eigenvalue weighted by molar-refractivity contribution is -0.144. The van der Waals surface area contributed by atoms with Gasteiger partial charge < -0.3 is 14.5 Å². The normalized spacial score (nSPS) is 30.5. The molecule has 2 spiro atoms. The fourth-order valence-corrected chi connectivity index (χ4v) is 4.97. The molecule has 1 heterocycles. The molecule has 1 aromatic rings. The number of benzene rings is 1. The summed E-state index contributed by atoms with van der Waals surface area (Å²) in [6.45, 7) is 8.04. The SMILES string of the molecule is CC(C)CCN(C)[C@H]1CC[C@@]2(CC1)CN(c1ccccc1)CC1(CC1)O2. The van der Waals surface area contributed by atoms with E-state index in [-0.39, 0.29) is 11.2 Å².